The summed E-state index contributed by atoms with van der Waals surface area (Å²) >= 11 is 0. The summed E-state index contributed by atoms with van der Waals surface area (Å²) in [6.45, 7) is 1.82. The fraction of sp³-hybridized carbons (Fsp3) is 0.214. The molecule has 0 saturated heterocycles. The number of rotatable bonds is 3. The number of hydrogen-bond acceptors (Lipinski definition) is 3. The molecule has 1 aromatic carbocycles. The normalized spacial score (nSPS) is 11.9. The summed E-state index contributed by atoms with van der Waals surface area (Å²) in [5, 5.41) is 1.13. The quantitative estimate of drug-likeness (QED) is 0.478. The van der Waals surface area contributed by atoms with Crippen molar-refractivity contribution in [3.05, 3.63) is 42.1 Å². The second-order valence-corrected chi connectivity index (χ2v) is 3.78. The van der Waals surface area contributed by atoms with Crippen molar-refractivity contribution in [1.29, 1.82) is 0 Å². The second-order valence-electron chi connectivity index (χ2n) is 3.78. The number of nitrogens with zero attached hydrogens (tertiary/aromatic N) is 1. The van der Waals surface area contributed by atoms with Crippen LogP contribution in [-0.2, 0) is 0 Å². The zero-order chi connectivity index (χ0) is 12.1. The van der Waals surface area contributed by atoms with Gasteiger partial charge in [0.05, 0.1) is 17.3 Å². The fourth-order valence-corrected chi connectivity index (χ4v) is 1.73. The van der Waals surface area contributed by atoms with Gasteiger partial charge in [-0.05, 0) is 19.1 Å². The highest BCUT2D eigenvalue weighted by Crippen LogP contribution is 2.17. The van der Waals surface area contributed by atoms with Crippen LogP contribution in [-0.4, -0.2) is 4.98 Å². The molecule has 0 fully saturated rings. The van der Waals surface area contributed by atoms with Gasteiger partial charge in [0.25, 0.3) is 0 Å². The molecule has 1 atom stereocenters. The highest BCUT2D eigenvalue weighted by Gasteiger charge is 2.09. The topological polar surface area (TPSA) is 50.9 Å². The molecule has 0 spiro atoms. The Morgan fingerprint density at radius 2 is 2.12 bits per heavy atom. The number of aromatic nitrogens is 1. The maximum atomic E-state index is 5.53. The number of fused-ring (bicyclic) bond motifs is 1. The average Bonchev–Trinajstić information content (AvgIpc) is 2.39. The van der Waals surface area contributed by atoms with Crippen molar-refractivity contribution in [2.75, 3.05) is 0 Å². The number of hydrogen-bond donors (Lipinski definition) is 2. The van der Waals surface area contributed by atoms with Crippen LogP contribution in [0.5, 0.6) is 0 Å². The van der Waals surface area contributed by atoms with Crippen LogP contribution in [0.4, 0.5) is 0 Å². The van der Waals surface area contributed by atoms with Crippen molar-refractivity contribution in [1.82, 2.24) is 10.4 Å². The smallest absolute Gasteiger partial charge is 0.0741 e. The first-order chi connectivity index (χ1) is 8.35. The Balaban J connectivity index is 2.35. The van der Waals surface area contributed by atoms with Crippen molar-refractivity contribution in [3.8, 4) is 11.8 Å². The molecule has 0 aliphatic rings. The summed E-state index contributed by atoms with van der Waals surface area (Å²) in [7, 11) is 0. The maximum Gasteiger partial charge on any atom is 0.0741 e. The molecule has 0 aliphatic carbocycles. The van der Waals surface area contributed by atoms with Crippen LogP contribution in [0.3, 0.4) is 0 Å². The molecule has 1 heterocycles. The molecule has 3 N–H and O–H groups in total. The number of hydrazine groups is 1. The van der Waals surface area contributed by atoms with Crippen LogP contribution in [0.2, 0.25) is 0 Å². The Morgan fingerprint density at radius 3 is 2.88 bits per heavy atom. The summed E-state index contributed by atoms with van der Waals surface area (Å²) in [6.07, 6.45) is 0.665. The lowest BCUT2D eigenvalue weighted by molar-refractivity contribution is 0.555. The lowest BCUT2D eigenvalue weighted by Gasteiger charge is -2.12. The first-order valence-electron chi connectivity index (χ1n) is 5.56. The zero-order valence-corrected chi connectivity index (χ0v) is 9.77. The lowest BCUT2D eigenvalue weighted by atomic mass is 10.1. The first-order valence-corrected chi connectivity index (χ1v) is 5.56. The molecule has 0 saturated carbocycles. The van der Waals surface area contributed by atoms with Crippen LogP contribution in [0, 0.1) is 11.8 Å². The summed E-state index contributed by atoms with van der Waals surface area (Å²) in [5.74, 6) is 11.4. The van der Waals surface area contributed by atoms with E-state index >= 15 is 0 Å². The molecule has 0 amide bonds. The van der Waals surface area contributed by atoms with Crippen LogP contribution in [0.1, 0.15) is 25.1 Å². The number of benzene rings is 1. The third kappa shape index (κ3) is 2.62. The molecular weight excluding hydrogens is 210 g/mol. The third-order valence-electron chi connectivity index (χ3n) is 2.66. The lowest BCUT2D eigenvalue weighted by Crippen LogP contribution is -2.28. The Labute approximate surface area is 101 Å². The Morgan fingerprint density at radius 1 is 1.29 bits per heavy atom. The van der Waals surface area contributed by atoms with Gasteiger partial charge in [-0.15, -0.1) is 11.8 Å². The van der Waals surface area contributed by atoms with Crippen LogP contribution >= 0.6 is 0 Å². The van der Waals surface area contributed by atoms with E-state index in [-0.39, 0.29) is 6.04 Å². The first kappa shape index (κ1) is 11.6. The van der Waals surface area contributed by atoms with Crippen LogP contribution in [0.15, 0.2) is 36.4 Å². The summed E-state index contributed by atoms with van der Waals surface area (Å²) in [4.78, 5) is 4.59. The second kappa shape index (κ2) is 5.44. The Hall–Kier alpha value is -1.89. The van der Waals surface area contributed by atoms with E-state index in [4.69, 9.17) is 5.84 Å². The minimum atomic E-state index is -0.0212. The minimum absolute atomic E-state index is 0.0212. The van der Waals surface area contributed by atoms with E-state index < -0.39 is 0 Å². The molecule has 0 bridgehead atoms. The molecule has 3 heteroatoms. The van der Waals surface area contributed by atoms with Crippen molar-refractivity contribution < 1.29 is 0 Å². The average molecular weight is 225 g/mol. The molecule has 1 aromatic heterocycles. The van der Waals surface area contributed by atoms with E-state index in [2.05, 4.69) is 28.3 Å². The SMILES string of the molecule is CC#CCC(NN)c1ccc2ccccc2n1. The van der Waals surface area contributed by atoms with E-state index in [1.165, 1.54) is 0 Å². The van der Waals surface area contributed by atoms with E-state index in [0.717, 1.165) is 16.6 Å². The van der Waals surface area contributed by atoms with Crippen molar-refractivity contribution in [2.45, 2.75) is 19.4 Å². The molecule has 0 aliphatic heterocycles. The van der Waals surface area contributed by atoms with Crippen molar-refractivity contribution in [2.24, 2.45) is 5.84 Å². The van der Waals surface area contributed by atoms with Gasteiger partial charge >= 0.3 is 0 Å². The third-order valence-corrected chi connectivity index (χ3v) is 2.66. The predicted molar refractivity (Wildman–Crippen MR) is 69.9 cm³/mol. The number of para-hydroxylation sites is 1. The summed E-state index contributed by atoms with van der Waals surface area (Å²) < 4.78 is 0. The van der Waals surface area contributed by atoms with Gasteiger partial charge in [0.2, 0.25) is 0 Å². The zero-order valence-electron chi connectivity index (χ0n) is 9.77. The fourth-order valence-electron chi connectivity index (χ4n) is 1.73. The van der Waals surface area contributed by atoms with Gasteiger partial charge in [-0.25, -0.2) is 0 Å². The minimum Gasteiger partial charge on any atom is -0.271 e. The van der Waals surface area contributed by atoms with Gasteiger partial charge < -0.3 is 0 Å². The van der Waals surface area contributed by atoms with Gasteiger partial charge in [-0.2, -0.15) is 0 Å². The molecule has 1 unspecified atom stereocenters. The van der Waals surface area contributed by atoms with Crippen molar-refractivity contribution in [3.63, 3.8) is 0 Å². The van der Waals surface area contributed by atoms with E-state index in [0.29, 0.717) is 6.42 Å². The Bertz CT molecular complexity index is 566. The van der Waals surface area contributed by atoms with Gasteiger partial charge in [-0.3, -0.25) is 16.3 Å². The number of nitrogens with one attached hydrogen (secondary N) is 1. The van der Waals surface area contributed by atoms with E-state index in [9.17, 15) is 0 Å². The van der Waals surface area contributed by atoms with Gasteiger partial charge in [0, 0.05) is 11.8 Å². The van der Waals surface area contributed by atoms with Crippen LogP contribution in [0.25, 0.3) is 10.9 Å². The highest BCUT2D eigenvalue weighted by atomic mass is 15.2. The molecule has 0 radical (unpaired) electrons. The largest absolute Gasteiger partial charge is 0.271 e. The number of pyridine rings is 1. The summed E-state index contributed by atoms with van der Waals surface area (Å²) in [6, 6.07) is 12.1. The maximum absolute atomic E-state index is 5.53. The molecule has 3 nitrogen and oxygen atoms in total. The standard InChI is InChI=1S/C14H15N3/c1-2-3-7-14(17-15)13-10-9-11-6-4-5-8-12(11)16-13/h4-6,8-10,14,17H,7,15H2,1H3. The molecule has 86 valence electrons. The van der Waals surface area contributed by atoms with Crippen molar-refractivity contribution >= 4 is 10.9 Å². The number of nitrogens with two attached hydrogens (primary N) is 1. The molecule has 17 heavy (non-hydrogen) atoms. The molecule has 2 rings (SSSR count). The molecule has 2 aromatic rings. The molecular formula is C14H15N3. The monoisotopic (exact) mass is 225 g/mol. The van der Waals surface area contributed by atoms with Gasteiger partial charge in [-0.1, -0.05) is 24.3 Å². The van der Waals surface area contributed by atoms with Crippen LogP contribution < -0.4 is 11.3 Å². The van der Waals surface area contributed by atoms with E-state index in [1.807, 2.05) is 37.3 Å². The highest BCUT2D eigenvalue weighted by molar-refractivity contribution is 5.78. The van der Waals surface area contributed by atoms with E-state index in [1.54, 1.807) is 0 Å². The Kier molecular flexibility index (Phi) is 3.71. The predicted octanol–water partition coefficient (Wildman–Crippen LogP) is 2.15. The summed E-state index contributed by atoms with van der Waals surface area (Å²) in [5.41, 5.74) is 4.66. The van der Waals surface area contributed by atoms with Gasteiger partial charge in [0.1, 0.15) is 0 Å². The van der Waals surface area contributed by atoms with Gasteiger partial charge in [0.15, 0.2) is 0 Å².